The van der Waals surface area contributed by atoms with E-state index in [9.17, 15) is 14.4 Å². The molecule has 0 unspecified atom stereocenters. The first-order valence-corrected chi connectivity index (χ1v) is 12.6. The summed E-state index contributed by atoms with van der Waals surface area (Å²) >= 11 is 14.9. The van der Waals surface area contributed by atoms with Crippen molar-refractivity contribution in [2.75, 3.05) is 24.0 Å². The molecule has 6 nitrogen and oxygen atoms in total. The highest BCUT2D eigenvalue weighted by Crippen LogP contribution is 2.20. The Hall–Kier alpha value is -1.09. The van der Waals surface area contributed by atoms with Crippen LogP contribution in [0.15, 0.2) is 18.2 Å². The molecule has 29 heavy (non-hydrogen) atoms. The Bertz CT molecular complexity index is 722. The Kier molecular flexibility index (Phi) is 11.9. The van der Waals surface area contributed by atoms with Gasteiger partial charge in [0, 0.05) is 22.6 Å². The molecule has 0 radical (unpaired) electrons. The number of nitrogens with one attached hydrogen (secondary N) is 3. The lowest BCUT2D eigenvalue weighted by molar-refractivity contribution is -0.129. The van der Waals surface area contributed by atoms with Gasteiger partial charge in [0.25, 0.3) is 5.91 Å². The first-order valence-electron chi connectivity index (χ1n) is 9.07. The topological polar surface area (TPSA) is 87.3 Å². The lowest BCUT2D eigenvalue weighted by atomic mass is 10.2. The standard InChI is InChI=1S/C19H27Cl2N3O3S2/c1-5-11(2)22-18(26)15(9-28-3)24-19(27)16(10-29-4)23-17(25)13-8-12(20)6-7-14(13)21/h6-8,11,15-16H,5,9-10H2,1-4H3,(H,22,26)(H,23,25)(H,24,27)/t11-,15-,16-/m1/s1. The zero-order valence-corrected chi connectivity index (χ0v) is 20.0. The lowest BCUT2D eigenvalue weighted by Gasteiger charge is -2.23. The molecular weight excluding hydrogens is 453 g/mol. The summed E-state index contributed by atoms with van der Waals surface area (Å²) in [6.07, 6.45) is 4.48. The Balaban J connectivity index is 2.89. The average Bonchev–Trinajstić information content (AvgIpc) is 2.68. The number of halogens is 2. The van der Waals surface area contributed by atoms with E-state index >= 15 is 0 Å². The average molecular weight is 480 g/mol. The van der Waals surface area contributed by atoms with Gasteiger partial charge in [-0.15, -0.1) is 0 Å². The largest absolute Gasteiger partial charge is 0.352 e. The summed E-state index contributed by atoms with van der Waals surface area (Å²) in [4.78, 5) is 37.9. The first-order chi connectivity index (χ1) is 13.7. The smallest absolute Gasteiger partial charge is 0.253 e. The molecule has 0 fully saturated rings. The van der Waals surface area contributed by atoms with Crippen molar-refractivity contribution in [3.05, 3.63) is 33.8 Å². The van der Waals surface area contributed by atoms with Gasteiger partial charge in [-0.2, -0.15) is 23.5 Å². The fraction of sp³-hybridized carbons (Fsp3) is 0.526. The number of hydrogen-bond donors (Lipinski definition) is 3. The van der Waals surface area contributed by atoms with Crippen LogP contribution >= 0.6 is 46.7 Å². The van der Waals surface area contributed by atoms with Crippen LogP contribution in [0.1, 0.15) is 30.6 Å². The number of hydrogen-bond acceptors (Lipinski definition) is 5. The van der Waals surface area contributed by atoms with Crippen molar-refractivity contribution in [1.29, 1.82) is 0 Å². The summed E-state index contributed by atoms with van der Waals surface area (Å²) in [6, 6.07) is 3.04. The number of carbonyl (C=O) groups excluding carboxylic acids is 3. The van der Waals surface area contributed by atoms with E-state index in [0.29, 0.717) is 16.5 Å². The van der Waals surface area contributed by atoms with Gasteiger partial charge in [0.05, 0.1) is 10.6 Å². The lowest BCUT2D eigenvalue weighted by Crippen LogP contribution is -2.56. The second kappa shape index (κ2) is 13.3. The third-order valence-electron chi connectivity index (χ3n) is 4.10. The second-order valence-corrected chi connectivity index (χ2v) is 9.10. The zero-order valence-electron chi connectivity index (χ0n) is 16.9. The van der Waals surface area contributed by atoms with Gasteiger partial charge < -0.3 is 16.0 Å². The van der Waals surface area contributed by atoms with Crippen LogP contribution in [0.25, 0.3) is 0 Å². The molecule has 0 aromatic heterocycles. The van der Waals surface area contributed by atoms with Crippen LogP contribution in [0, 0.1) is 0 Å². The molecule has 1 aromatic carbocycles. The predicted molar refractivity (Wildman–Crippen MR) is 124 cm³/mol. The highest BCUT2D eigenvalue weighted by atomic mass is 35.5. The van der Waals surface area contributed by atoms with Crippen LogP contribution in [0.2, 0.25) is 10.0 Å². The van der Waals surface area contributed by atoms with E-state index < -0.39 is 23.9 Å². The van der Waals surface area contributed by atoms with Crippen molar-refractivity contribution in [1.82, 2.24) is 16.0 Å². The Morgan fingerprint density at radius 3 is 2.07 bits per heavy atom. The number of amides is 3. The molecule has 162 valence electrons. The molecule has 10 heteroatoms. The van der Waals surface area contributed by atoms with Crippen LogP contribution in [0.4, 0.5) is 0 Å². The summed E-state index contributed by atoms with van der Waals surface area (Å²) in [5.41, 5.74) is 0.188. The van der Waals surface area contributed by atoms with Crippen molar-refractivity contribution in [3.8, 4) is 0 Å². The van der Waals surface area contributed by atoms with Crippen LogP contribution in [-0.2, 0) is 9.59 Å². The zero-order chi connectivity index (χ0) is 22.0. The first kappa shape index (κ1) is 25.9. The Morgan fingerprint density at radius 2 is 1.52 bits per heavy atom. The molecule has 0 saturated heterocycles. The van der Waals surface area contributed by atoms with Gasteiger partial charge in [-0.3, -0.25) is 14.4 Å². The number of carbonyl (C=O) groups is 3. The quantitative estimate of drug-likeness (QED) is 0.453. The maximum absolute atomic E-state index is 12.8. The molecule has 1 rings (SSSR count). The van der Waals surface area contributed by atoms with Gasteiger partial charge >= 0.3 is 0 Å². The number of rotatable bonds is 11. The van der Waals surface area contributed by atoms with Crippen molar-refractivity contribution in [2.45, 2.75) is 38.4 Å². The van der Waals surface area contributed by atoms with Gasteiger partial charge in [0.15, 0.2) is 0 Å². The molecule has 1 aromatic rings. The number of thioether (sulfide) groups is 2. The monoisotopic (exact) mass is 479 g/mol. The maximum atomic E-state index is 12.8. The van der Waals surface area contributed by atoms with Gasteiger partial charge in [0.1, 0.15) is 12.1 Å². The van der Waals surface area contributed by atoms with E-state index in [4.69, 9.17) is 23.2 Å². The second-order valence-electron chi connectivity index (χ2n) is 6.44. The minimum Gasteiger partial charge on any atom is -0.352 e. The normalized spacial score (nSPS) is 13.9. The van der Waals surface area contributed by atoms with Gasteiger partial charge in [-0.1, -0.05) is 30.1 Å². The van der Waals surface area contributed by atoms with E-state index in [-0.39, 0.29) is 22.5 Å². The minimum absolute atomic E-state index is 0.00965. The fourth-order valence-corrected chi connectivity index (χ4v) is 3.84. The summed E-state index contributed by atoms with van der Waals surface area (Å²) in [6.45, 7) is 3.87. The Morgan fingerprint density at radius 1 is 0.966 bits per heavy atom. The summed E-state index contributed by atoms with van der Waals surface area (Å²) < 4.78 is 0. The third kappa shape index (κ3) is 8.66. The molecule has 0 heterocycles. The molecule has 3 amide bonds. The molecule has 0 bridgehead atoms. The van der Waals surface area contributed by atoms with Crippen LogP contribution in [0.3, 0.4) is 0 Å². The van der Waals surface area contributed by atoms with E-state index in [1.165, 1.54) is 35.7 Å². The van der Waals surface area contributed by atoms with E-state index in [1.807, 2.05) is 26.4 Å². The maximum Gasteiger partial charge on any atom is 0.253 e. The molecule has 0 spiro atoms. The predicted octanol–water partition coefficient (Wildman–Crippen LogP) is 3.22. The van der Waals surface area contributed by atoms with E-state index in [2.05, 4.69) is 16.0 Å². The van der Waals surface area contributed by atoms with Gasteiger partial charge in [-0.25, -0.2) is 0 Å². The molecule has 3 N–H and O–H groups in total. The van der Waals surface area contributed by atoms with E-state index in [1.54, 1.807) is 6.07 Å². The van der Waals surface area contributed by atoms with Crippen molar-refractivity contribution >= 4 is 64.4 Å². The molecular formula is C19H27Cl2N3O3S2. The third-order valence-corrected chi connectivity index (χ3v) is 5.99. The van der Waals surface area contributed by atoms with E-state index in [0.717, 1.165) is 6.42 Å². The van der Waals surface area contributed by atoms with Gasteiger partial charge in [0.2, 0.25) is 11.8 Å². The summed E-state index contributed by atoms with van der Waals surface area (Å²) in [7, 11) is 0. The molecule has 3 atom stereocenters. The molecule has 0 aliphatic carbocycles. The fourth-order valence-electron chi connectivity index (χ4n) is 2.32. The van der Waals surface area contributed by atoms with Gasteiger partial charge in [-0.05, 0) is 44.1 Å². The van der Waals surface area contributed by atoms with Crippen LogP contribution < -0.4 is 16.0 Å². The number of benzene rings is 1. The van der Waals surface area contributed by atoms with Crippen LogP contribution in [-0.4, -0.2) is 59.9 Å². The molecule has 0 aliphatic heterocycles. The highest BCUT2D eigenvalue weighted by molar-refractivity contribution is 7.98. The highest BCUT2D eigenvalue weighted by Gasteiger charge is 2.27. The Labute approximate surface area is 190 Å². The molecule has 0 saturated carbocycles. The SMILES string of the molecule is CC[C@@H](C)NC(=O)[C@@H](CSC)NC(=O)[C@@H](CSC)NC(=O)c1cc(Cl)ccc1Cl. The van der Waals surface area contributed by atoms with Crippen molar-refractivity contribution in [3.63, 3.8) is 0 Å². The van der Waals surface area contributed by atoms with Crippen molar-refractivity contribution < 1.29 is 14.4 Å². The molecule has 0 aliphatic rings. The van der Waals surface area contributed by atoms with Crippen LogP contribution in [0.5, 0.6) is 0 Å². The summed E-state index contributed by atoms with van der Waals surface area (Å²) in [5.74, 6) is -0.404. The minimum atomic E-state index is -0.826. The summed E-state index contributed by atoms with van der Waals surface area (Å²) in [5, 5.41) is 8.93. The van der Waals surface area contributed by atoms with Crippen molar-refractivity contribution in [2.24, 2.45) is 0 Å².